The molecule has 0 spiro atoms. The second-order valence-electron chi connectivity index (χ2n) is 5.29. The summed E-state index contributed by atoms with van der Waals surface area (Å²) in [5.74, 6) is 0.836. The van der Waals surface area contributed by atoms with Crippen LogP contribution in [-0.2, 0) is 6.54 Å². The Bertz CT molecular complexity index is 746. The molecule has 0 aliphatic rings. The fourth-order valence-electron chi connectivity index (χ4n) is 2.60. The zero-order chi connectivity index (χ0) is 14.7. The highest BCUT2D eigenvalue weighted by Crippen LogP contribution is 2.20. The van der Waals surface area contributed by atoms with Gasteiger partial charge in [-0.3, -0.25) is 0 Å². The zero-order valence-electron chi connectivity index (χ0n) is 12.3. The van der Waals surface area contributed by atoms with Gasteiger partial charge in [0.15, 0.2) is 0 Å². The summed E-state index contributed by atoms with van der Waals surface area (Å²) in [6.45, 7) is 3.79. The van der Waals surface area contributed by atoms with Gasteiger partial charge in [-0.1, -0.05) is 18.2 Å². The first-order chi connectivity index (χ1) is 10.2. The number of hydrogen-bond donors (Lipinski definition) is 1. The van der Waals surface area contributed by atoms with Crippen molar-refractivity contribution in [1.82, 2.24) is 4.57 Å². The summed E-state index contributed by atoms with van der Waals surface area (Å²) < 4.78 is 8.01. The van der Waals surface area contributed by atoms with Crippen molar-refractivity contribution in [3.63, 3.8) is 0 Å². The normalized spacial score (nSPS) is 10.9. The third kappa shape index (κ3) is 3.02. The molecule has 0 radical (unpaired) electrons. The van der Waals surface area contributed by atoms with E-state index in [1.54, 1.807) is 0 Å². The highest BCUT2D eigenvalue weighted by Gasteiger charge is 2.02. The van der Waals surface area contributed by atoms with E-state index in [0.29, 0.717) is 6.61 Å². The first-order valence-electron chi connectivity index (χ1n) is 7.27. The minimum Gasteiger partial charge on any atom is -0.493 e. The largest absolute Gasteiger partial charge is 0.493 e. The fourth-order valence-corrected chi connectivity index (χ4v) is 2.60. The molecule has 0 atom stereocenters. The van der Waals surface area contributed by atoms with Crippen molar-refractivity contribution in [3.8, 4) is 5.75 Å². The van der Waals surface area contributed by atoms with E-state index in [0.717, 1.165) is 24.4 Å². The molecule has 2 N–H and O–H groups in total. The number of benzene rings is 2. The van der Waals surface area contributed by atoms with Crippen molar-refractivity contribution in [2.24, 2.45) is 0 Å². The van der Waals surface area contributed by atoms with E-state index in [2.05, 4.69) is 42.0 Å². The summed E-state index contributed by atoms with van der Waals surface area (Å²) in [4.78, 5) is 0. The van der Waals surface area contributed by atoms with Crippen LogP contribution in [0.1, 0.15) is 12.0 Å². The molecule has 0 aliphatic carbocycles. The number of rotatable bonds is 5. The number of nitrogen functional groups attached to an aromatic ring is 1. The van der Waals surface area contributed by atoms with Gasteiger partial charge in [-0.15, -0.1) is 0 Å². The molecule has 3 heteroatoms. The Morgan fingerprint density at radius 2 is 1.95 bits per heavy atom. The molecule has 0 saturated heterocycles. The molecule has 108 valence electrons. The van der Waals surface area contributed by atoms with Crippen molar-refractivity contribution >= 4 is 16.6 Å². The predicted octanol–water partition coefficient (Wildman–Crippen LogP) is 4.00. The lowest BCUT2D eigenvalue weighted by atomic mass is 10.1. The molecule has 1 heterocycles. The van der Waals surface area contributed by atoms with Gasteiger partial charge in [0.05, 0.1) is 6.61 Å². The van der Waals surface area contributed by atoms with Gasteiger partial charge in [0, 0.05) is 35.4 Å². The van der Waals surface area contributed by atoms with Crippen LogP contribution in [0.5, 0.6) is 5.75 Å². The Balaban J connectivity index is 1.59. The topological polar surface area (TPSA) is 40.2 Å². The fraction of sp³-hybridized carbons (Fsp3) is 0.222. The number of hydrogen-bond acceptors (Lipinski definition) is 2. The molecule has 3 aromatic rings. The average molecular weight is 280 g/mol. The minimum atomic E-state index is 0.689. The molecular weight excluding hydrogens is 260 g/mol. The van der Waals surface area contributed by atoms with Crippen molar-refractivity contribution in [2.45, 2.75) is 19.9 Å². The lowest BCUT2D eigenvalue weighted by Gasteiger charge is -2.08. The molecule has 3 nitrogen and oxygen atoms in total. The van der Waals surface area contributed by atoms with E-state index in [4.69, 9.17) is 10.5 Å². The predicted molar refractivity (Wildman–Crippen MR) is 87.6 cm³/mol. The van der Waals surface area contributed by atoms with Crippen LogP contribution >= 0.6 is 0 Å². The first-order valence-corrected chi connectivity index (χ1v) is 7.27. The van der Waals surface area contributed by atoms with Crippen LogP contribution in [0, 0.1) is 6.92 Å². The van der Waals surface area contributed by atoms with Gasteiger partial charge in [-0.05, 0) is 43.2 Å². The highest BCUT2D eigenvalue weighted by atomic mass is 16.5. The van der Waals surface area contributed by atoms with Crippen LogP contribution in [0.15, 0.2) is 54.7 Å². The second-order valence-corrected chi connectivity index (χ2v) is 5.29. The Hall–Kier alpha value is -2.42. The SMILES string of the molecule is Cc1cccc2c1ccn2CCCOc1cccc(N)c1. The van der Waals surface area contributed by atoms with E-state index in [9.17, 15) is 0 Å². The number of nitrogens with zero attached hydrogens (tertiary/aromatic N) is 1. The maximum Gasteiger partial charge on any atom is 0.121 e. The summed E-state index contributed by atoms with van der Waals surface area (Å²) in [6.07, 6.45) is 3.12. The van der Waals surface area contributed by atoms with Gasteiger partial charge in [0.25, 0.3) is 0 Å². The maximum absolute atomic E-state index is 5.73. The Morgan fingerprint density at radius 1 is 1.10 bits per heavy atom. The lowest BCUT2D eigenvalue weighted by molar-refractivity contribution is 0.303. The average Bonchev–Trinajstić information content (AvgIpc) is 2.88. The number of aryl methyl sites for hydroxylation is 2. The molecule has 2 aromatic carbocycles. The van der Waals surface area contributed by atoms with E-state index < -0.39 is 0 Å². The second kappa shape index (κ2) is 5.92. The van der Waals surface area contributed by atoms with Crippen molar-refractivity contribution in [1.29, 1.82) is 0 Å². The molecule has 0 unspecified atom stereocenters. The number of anilines is 1. The third-order valence-electron chi connectivity index (χ3n) is 3.70. The highest BCUT2D eigenvalue weighted by molar-refractivity contribution is 5.83. The molecule has 0 amide bonds. The van der Waals surface area contributed by atoms with Gasteiger partial charge >= 0.3 is 0 Å². The van der Waals surface area contributed by atoms with Gasteiger partial charge in [-0.25, -0.2) is 0 Å². The van der Waals surface area contributed by atoms with Crippen LogP contribution in [0.25, 0.3) is 10.9 Å². The molecular formula is C18H20N2O. The minimum absolute atomic E-state index is 0.689. The molecule has 21 heavy (non-hydrogen) atoms. The summed E-state index contributed by atoms with van der Waals surface area (Å²) >= 11 is 0. The summed E-state index contributed by atoms with van der Waals surface area (Å²) in [5.41, 5.74) is 9.08. The molecule has 0 saturated carbocycles. The standard InChI is InChI=1S/C18H20N2O/c1-14-5-2-8-18-17(14)9-11-20(18)10-4-12-21-16-7-3-6-15(19)13-16/h2-3,5-9,11,13H,4,10,12,19H2,1H3. The number of ether oxygens (including phenoxy) is 1. The molecule has 1 aromatic heterocycles. The monoisotopic (exact) mass is 280 g/mol. The molecule has 0 aliphatic heterocycles. The summed E-state index contributed by atoms with van der Waals surface area (Å²) in [7, 11) is 0. The smallest absolute Gasteiger partial charge is 0.121 e. The van der Waals surface area contributed by atoms with Gasteiger partial charge in [0.2, 0.25) is 0 Å². The third-order valence-corrected chi connectivity index (χ3v) is 3.70. The Kier molecular flexibility index (Phi) is 3.82. The molecule has 0 fully saturated rings. The lowest BCUT2D eigenvalue weighted by Crippen LogP contribution is -2.04. The number of nitrogens with two attached hydrogens (primary N) is 1. The van der Waals surface area contributed by atoms with E-state index >= 15 is 0 Å². The van der Waals surface area contributed by atoms with Gasteiger partial charge < -0.3 is 15.0 Å². The van der Waals surface area contributed by atoms with E-state index in [1.165, 1.54) is 16.5 Å². The van der Waals surface area contributed by atoms with Crippen molar-refractivity contribution < 1.29 is 4.74 Å². The Morgan fingerprint density at radius 3 is 2.81 bits per heavy atom. The summed E-state index contributed by atoms with van der Waals surface area (Å²) in [6, 6.07) is 16.2. The number of aromatic nitrogens is 1. The summed E-state index contributed by atoms with van der Waals surface area (Å²) in [5, 5.41) is 1.33. The van der Waals surface area contributed by atoms with Crippen LogP contribution in [0.3, 0.4) is 0 Å². The van der Waals surface area contributed by atoms with Crippen molar-refractivity contribution in [2.75, 3.05) is 12.3 Å². The van der Waals surface area contributed by atoms with E-state index in [1.807, 2.05) is 24.3 Å². The zero-order valence-corrected chi connectivity index (χ0v) is 12.3. The Labute approximate surface area is 125 Å². The number of fused-ring (bicyclic) bond motifs is 1. The van der Waals surface area contributed by atoms with Gasteiger partial charge in [-0.2, -0.15) is 0 Å². The van der Waals surface area contributed by atoms with Crippen LogP contribution in [0.2, 0.25) is 0 Å². The molecule has 3 rings (SSSR count). The van der Waals surface area contributed by atoms with E-state index in [-0.39, 0.29) is 0 Å². The molecule has 0 bridgehead atoms. The van der Waals surface area contributed by atoms with Crippen LogP contribution in [-0.4, -0.2) is 11.2 Å². The first kappa shape index (κ1) is 13.6. The van der Waals surface area contributed by atoms with Gasteiger partial charge in [0.1, 0.15) is 5.75 Å². The van der Waals surface area contributed by atoms with Crippen molar-refractivity contribution in [3.05, 3.63) is 60.3 Å². The quantitative estimate of drug-likeness (QED) is 0.567. The van der Waals surface area contributed by atoms with Crippen LogP contribution in [0.4, 0.5) is 5.69 Å². The maximum atomic E-state index is 5.73. The van der Waals surface area contributed by atoms with Crippen LogP contribution < -0.4 is 10.5 Å².